The Hall–Kier alpha value is -2.29. The highest BCUT2D eigenvalue weighted by molar-refractivity contribution is 5.77. The molecule has 2 nitrogen and oxygen atoms in total. The average Bonchev–Trinajstić information content (AvgIpc) is 2.33. The maximum absolute atomic E-state index is 13.8. The lowest BCUT2D eigenvalue weighted by molar-refractivity contribution is 0.474. The molecule has 0 bridgehead atoms. The van der Waals surface area contributed by atoms with E-state index in [-0.39, 0.29) is 11.5 Å². The first kappa shape index (κ1) is 11.2. The van der Waals surface area contributed by atoms with Gasteiger partial charge in [0, 0.05) is 5.56 Å². The van der Waals surface area contributed by atoms with E-state index in [1.807, 2.05) is 0 Å². The smallest absolute Gasteiger partial charge is 0.131 e. The van der Waals surface area contributed by atoms with E-state index in [1.54, 1.807) is 12.1 Å². The van der Waals surface area contributed by atoms with Crippen LogP contribution >= 0.6 is 0 Å². The zero-order valence-electron chi connectivity index (χ0n) is 8.97. The minimum absolute atomic E-state index is 0.103. The summed E-state index contributed by atoms with van der Waals surface area (Å²) in [7, 11) is 0. The Labute approximate surface area is 98.3 Å². The van der Waals surface area contributed by atoms with Crippen molar-refractivity contribution in [2.75, 3.05) is 0 Å². The number of benzene rings is 2. The van der Waals surface area contributed by atoms with E-state index >= 15 is 0 Å². The molecule has 0 unspecified atom stereocenters. The number of halogens is 1. The van der Waals surface area contributed by atoms with Crippen LogP contribution in [-0.4, -0.2) is 10.2 Å². The lowest BCUT2D eigenvalue weighted by atomic mass is 10.1. The van der Waals surface area contributed by atoms with E-state index in [4.69, 9.17) is 10.2 Å². The minimum Gasteiger partial charge on any atom is -0.508 e. The van der Waals surface area contributed by atoms with Crippen molar-refractivity contribution in [1.82, 2.24) is 0 Å². The predicted octanol–water partition coefficient (Wildman–Crippen LogP) is 3.57. The third-order valence-corrected chi connectivity index (χ3v) is 2.33. The molecule has 0 spiro atoms. The molecule has 0 aliphatic carbocycles. The molecule has 2 rings (SSSR count). The summed E-state index contributed by atoms with van der Waals surface area (Å²) in [6.07, 6.45) is 1.37. The fourth-order valence-corrected chi connectivity index (χ4v) is 1.42. The van der Waals surface area contributed by atoms with E-state index in [0.29, 0.717) is 11.1 Å². The highest BCUT2D eigenvalue weighted by Crippen LogP contribution is 2.22. The Morgan fingerprint density at radius 3 is 1.82 bits per heavy atom. The van der Waals surface area contributed by atoms with Crippen LogP contribution in [0.25, 0.3) is 11.9 Å². The van der Waals surface area contributed by atoms with Crippen molar-refractivity contribution in [1.29, 1.82) is 0 Å². The van der Waals surface area contributed by atoms with Crippen molar-refractivity contribution >= 4 is 11.9 Å². The summed E-state index contributed by atoms with van der Waals surface area (Å²) in [6, 6.07) is 12.1. The molecule has 2 aromatic carbocycles. The monoisotopic (exact) mass is 230 g/mol. The minimum atomic E-state index is -0.393. The van der Waals surface area contributed by atoms with Gasteiger partial charge in [0.15, 0.2) is 0 Å². The average molecular weight is 230 g/mol. The van der Waals surface area contributed by atoms with Crippen LogP contribution < -0.4 is 0 Å². The molecule has 0 atom stereocenters. The highest BCUT2D eigenvalue weighted by Gasteiger charge is 2.00. The molecule has 0 aliphatic rings. The molecule has 0 fully saturated rings. The Balaban J connectivity index is 2.27. The molecule has 17 heavy (non-hydrogen) atoms. The summed E-state index contributed by atoms with van der Waals surface area (Å²) in [4.78, 5) is 0. The summed E-state index contributed by atoms with van der Waals surface area (Å²) in [5.74, 6) is -0.144. The number of phenols is 2. The van der Waals surface area contributed by atoms with Crippen LogP contribution in [0.1, 0.15) is 11.1 Å². The number of phenolic OH excluding ortho intramolecular Hbond substituents is 2. The second kappa shape index (κ2) is 4.70. The molecule has 0 heterocycles. The Morgan fingerprint density at radius 2 is 1.29 bits per heavy atom. The molecule has 0 saturated heterocycles. The van der Waals surface area contributed by atoms with Gasteiger partial charge in [0.1, 0.15) is 17.3 Å². The van der Waals surface area contributed by atoms with Crippen molar-refractivity contribution < 1.29 is 14.6 Å². The van der Waals surface area contributed by atoms with Crippen molar-refractivity contribution in [2.24, 2.45) is 0 Å². The molecule has 0 aromatic heterocycles. The van der Waals surface area contributed by atoms with Crippen LogP contribution in [0.3, 0.4) is 0 Å². The van der Waals surface area contributed by atoms with E-state index in [9.17, 15) is 4.39 Å². The fourth-order valence-electron chi connectivity index (χ4n) is 1.42. The van der Waals surface area contributed by atoms with Crippen LogP contribution in [0.5, 0.6) is 11.5 Å². The maximum Gasteiger partial charge on any atom is 0.131 e. The van der Waals surface area contributed by atoms with Crippen LogP contribution in [0.15, 0.2) is 48.5 Å². The SMILES string of the molecule is Oc1ccc(/C=C(\F)c2ccc(O)cc2)cc1. The van der Waals surface area contributed by atoms with Crippen LogP contribution in [-0.2, 0) is 0 Å². The van der Waals surface area contributed by atoms with Crippen molar-refractivity contribution in [3.63, 3.8) is 0 Å². The molecular formula is C14H11FO2. The van der Waals surface area contributed by atoms with Crippen LogP contribution in [0.2, 0.25) is 0 Å². The molecule has 0 amide bonds. The third-order valence-electron chi connectivity index (χ3n) is 2.33. The van der Waals surface area contributed by atoms with Crippen molar-refractivity contribution in [3.05, 3.63) is 59.7 Å². The van der Waals surface area contributed by atoms with E-state index < -0.39 is 5.83 Å². The summed E-state index contributed by atoms with van der Waals surface area (Å²) >= 11 is 0. The lowest BCUT2D eigenvalue weighted by Crippen LogP contribution is -1.78. The molecule has 3 heteroatoms. The Morgan fingerprint density at radius 1 is 0.824 bits per heavy atom. The van der Waals surface area contributed by atoms with Gasteiger partial charge in [-0.1, -0.05) is 12.1 Å². The van der Waals surface area contributed by atoms with Crippen molar-refractivity contribution in [3.8, 4) is 11.5 Å². The van der Waals surface area contributed by atoms with Crippen molar-refractivity contribution in [2.45, 2.75) is 0 Å². The summed E-state index contributed by atoms with van der Waals surface area (Å²) in [5.41, 5.74) is 1.06. The highest BCUT2D eigenvalue weighted by atomic mass is 19.1. The molecule has 0 radical (unpaired) electrons. The third kappa shape index (κ3) is 2.84. The normalized spacial score (nSPS) is 11.5. The number of hydrogen-bond donors (Lipinski definition) is 2. The number of rotatable bonds is 2. The predicted molar refractivity (Wildman–Crippen MR) is 65.2 cm³/mol. The molecule has 0 saturated carbocycles. The largest absolute Gasteiger partial charge is 0.508 e. The quantitative estimate of drug-likeness (QED) is 0.774. The van der Waals surface area contributed by atoms with Crippen LogP contribution in [0.4, 0.5) is 4.39 Å². The van der Waals surface area contributed by atoms with E-state index in [0.717, 1.165) is 0 Å². The summed E-state index contributed by atoms with van der Waals surface area (Å²) < 4.78 is 13.8. The van der Waals surface area contributed by atoms with E-state index in [2.05, 4.69) is 0 Å². The Kier molecular flexibility index (Phi) is 3.10. The van der Waals surface area contributed by atoms with Gasteiger partial charge in [-0.15, -0.1) is 0 Å². The van der Waals surface area contributed by atoms with Crippen LogP contribution in [0, 0.1) is 0 Å². The second-order valence-electron chi connectivity index (χ2n) is 3.63. The summed E-state index contributed by atoms with van der Waals surface area (Å²) in [5, 5.41) is 18.2. The standard InChI is InChI=1S/C14H11FO2/c15-14(11-3-7-13(17)8-4-11)9-10-1-5-12(16)6-2-10/h1-9,16-17H/b14-9-. The van der Waals surface area contributed by atoms with Gasteiger partial charge in [0.05, 0.1) is 0 Å². The number of hydrogen-bond acceptors (Lipinski definition) is 2. The first-order chi connectivity index (χ1) is 8.15. The second-order valence-corrected chi connectivity index (χ2v) is 3.63. The first-order valence-corrected chi connectivity index (χ1v) is 5.11. The molecule has 86 valence electrons. The van der Waals surface area contributed by atoms with Gasteiger partial charge in [-0.25, -0.2) is 4.39 Å². The molecule has 2 N–H and O–H groups in total. The topological polar surface area (TPSA) is 40.5 Å². The molecular weight excluding hydrogens is 219 g/mol. The Bertz CT molecular complexity index is 527. The van der Waals surface area contributed by atoms with Gasteiger partial charge in [-0.05, 0) is 48.0 Å². The molecule has 0 aliphatic heterocycles. The zero-order chi connectivity index (χ0) is 12.3. The first-order valence-electron chi connectivity index (χ1n) is 5.11. The van der Waals surface area contributed by atoms with Gasteiger partial charge >= 0.3 is 0 Å². The molecule has 2 aromatic rings. The zero-order valence-corrected chi connectivity index (χ0v) is 8.97. The maximum atomic E-state index is 13.8. The number of aromatic hydroxyl groups is 2. The fraction of sp³-hybridized carbons (Fsp3) is 0. The summed E-state index contributed by atoms with van der Waals surface area (Å²) in [6.45, 7) is 0. The van der Waals surface area contributed by atoms with Gasteiger partial charge < -0.3 is 10.2 Å². The van der Waals surface area contributed by atoms with Gasteiger partial charge in [-0.2, -0.15) is 0 Å². The van der Waals surface area contributed by atoms with Gasteiger partial charge in [-0.3, -0.25) is 0 Å². The lowest BCUT2D eigenvalue weighted by Gasteiger charge is -1.99. The van der Waals surface area contributed by atoms with Gasteiger partial charge in [0.2, 0.25) is 0 Å². The van der Waals surface area contributed by atoms with Gasteiger partial charge in [0.25, 0.3) is 0 Å². The van der Waals surface area contributed by atoms with E-state index in [1.165, 1.54) is 42.5 Å².